The highest BCUT2D eigenvalue weighted by atomic mass is 32.2. The van der Waals surface area contributed by atoms with Gasteiger partial charge in [-0.2, -0.15) is 0 Å². The van der Waals surface area contributed by atoms with Gasteiger partial charge in [0, 0.05) is 11.4 Å². The third-order valence-corrected chi connectivity index (χ3v) is 3.22. The van der Waals surface area contributed by atoms with Crippen molar-refractivity contribution in [3.63, 3.8) is 0 Å². The average molecular weight is 217 g/mol. The van der Waals surface area contributed by atoms with Gasteiger partial charge in [-0.05, 0) is 41.8 Å². The van der Waals surface area contributed by atoms with Gasteiger partial charge in [0.05, 0.1) is 0 Å². The molecule has 0 bridgehead atoms. The molecule has 2 aromatic carbocycles. The van der Waals surface area contributed by atoms with E-state index in [9.17, 15) is 0 Å². The van der Waals surface area contributed by atoms with E-state index < -0.39 is 0 Å². The molecule has 2 aromatic rings. The van der Waals surface area contributed by atoms with E-state index in [1.54, 1.807) is 11.9 Å². The van der Waals surface area contributed by atoms with E-state index in [4.69, 9.17) is 0 Å². The molecule has 0 aromatic heterocycles. The monoisotopic (exact) mass is 217 g/mol. The van der Waals surface area contributed by atoms with Crippen molar-refractivity contribution in [1.29, 1.82) is 0 Å². The molecule has 2 heteroatoms. The van der Waals surface area contributed by atoms with Crippen molar-refractivity contribution in [2.45, 2.75) is 18.7 Å². The summed E-state index contributed by atoms with van der Waals surface area (Å²) in [5.74, 6) is 0. The zero-order valence-corrected chi connectivity index (χ0v) is 9.90. The molecular weight excluding hydrogens is 202 g/mol. The Hall–Kier alpha value is -0.990. The van der Waals surface area contributed by atoms with Gasteiger partial charge < -0.3 is 0 Å². The van der Waals surface area contributed by atoms with Gasteiger partial charge in [-0.3, -0.25) is 4.72 Å². The Morgan fingerprint density at radius 1 is 1.07 bits per heavy atom. The fraction of sp³-hybridized carbons (Fsp3) is 0.231. The van der Waals surface area contributed by atoms with Gasteiger partial charge >= 0.3 is 0 Å². The minimum absolute atomic E-state index is 0.983. The number of nitrogens with one attached hydrogen (secondary N) is 1. The lowest BCUT2D eigenvalue weighted by Crippen LogP contribution is -1.99. The summed E-state index contributed by atoms with van der Waals surface area (Å²) in [6.07, 6.45) is 0. The van der Waals surface area contributed by atoms with Gasteiger partial charge in [-0.1, -0.05) is 36.8 Å². The van der Waals surface area contributed by atoms with Gasteiger partial charge in [0.2, 0.25) is 0 Å². The van der Waals surface area contributed by atoms with E-state index >= 15 is 0 Å². The zero-order valence-electron chi connectivity index (χ0n) is 9.08. The first-order chi connectivity index (χ1) is 7.29. The van der Waals surface area contributed by atoms with Gasteiger partial charge in [-0.15, -0.1) is 0 Å². The second kappa shape index (κ2) is 4.69. The summed E-state index contributed by atoms with van der Waals surface area (Å²) in [4.78, 5) is 1.27. The quantitative estimate of drug-likeness (QED) is 0.785. The smallest absolute Gasteiger partial charge is 0.0234 e. The van der Waals surface area contributed by atoms with E-state index in [-0.39, 0.29) is 0 Å². The predicted octanol–water partition coefficient (Wildman–Crippen LogP) is 3.76. The summed E-state index contributed by atoms with van der Waals surface area (Å²) >= 11 is 1.69. The number of rotatable bonds is 3. The topological polar surface area (TPSA) is 12.0 Å². The maximum Gasteiger partial charge on any atom is 0.0234 e. The Kier molecular flexibility index (Phi) is 3.29. The fourth-order valence-corrected chi connectivity index (χ4v) is 2.20. The largest absolute Gasteiger partial charge is 0.260 e. The van der Waals surface area contributed by atoms with Crippen LogP contribution in [0.25, 0.3) is 10.8 Å². The lowest BCUT2D eigenvalue weighted by atomic mass is 10.1. The highest BCUT2D eigenvalue weighted by Crippen LogP contribution is 2.22. The lowest BCUT2D eigenvalue weighted by molar-refractivity contribution is 1.03. The van der Waals surface area contributed by atoms with Crippen molar-refractivity contribution in [1.82, 2.24) is 4.72 Å². The summed E-state index contributed by atoms with van der Waals surface area (Å²) in [6.45, 7) is 5.22. The molecule has 0 aliphatic carbocycles. The highest BCUT2D eigenvalue weighted by Gasteiger charge is 1.97. The lowest BCUT2D eigenvalue weighted by Gasteiger charge is -2.04. The number of benzene rings is 2. The molecule has 0 radical (unpaired) electrons. The first-order valence-electron chi connectivity index (χ1n) is 5.19. The Morgan fingerprint density at radius 2 is 1.80 bits per heavy atom. The number of hydrogen-bond acceptors (Lipinski definition) is 2. The molecule has 78 valence electrons. The summed E-state index contributed by atoms with van der Waals surface area (Å²) in [5.41, 5.74) is 1.31. The Bertz CT molecular complexity index is 465. The summed E-state index contributed by atoms with van der Waals surface area (Å²) < 4.78 is 3.26. The van der Waals surface area contributed by atoms with Crippen LogP contribution in [0.3, 0.4) is 0 Å². The van der Waals surface area contributed by atoms with Crippen LogP contribution in [0.1, 0.15) is 12.5 Å². The summed E-state index contributed by atoms with van der Waals surface area (Å²) in [5, 5.41) is 2.62. The molecule has 2 rings (SSSR count). The SMILES string of the molecule is CCNSc1ccc2cc(C)ccc2c1. The third-order valence-electron chi connectivity index (χ3n) is 2.30. The molecule has 1 nitrogen and oxygen atoms in total. The zero-order chi connectivity index (χ0) is 10.7. The van der Waals surface area contributed by atoms with Crippen molar-refractivity contribution in [2.75, 3.05) is 6.54 Å². The normalized spacial score (nSPS) is 10.8. The van der Waals surface area contributed by atoms with Crippen LogP contribution in [-0.2, 0) is 0 Å². The predicted molar refractivity (Wildman–Crippen MR) is 68.2 cm³/mol. The Balaban J connectivity index is 2.34. The average Bonchev–Trinajstić information content (AvgIpc) is 2.26. The number of hydrogen-bond donors (Lipinski definition) is 1. The van der Waals surface area contributed by atoms with Crippen LogP contribution in [0.5, 0.6) is 0 Å². The van der Waals surface area contributed by atoms with Crippen molar-refractivity contribution < 1.29 is 0 Å². The van der Waals surface area contributed by atoms with Gasteiger partial charge in [0.15, 0.2) is 0 Å². The van der Waals surface area contributed by atoms with Crippen LogP contribution in [-0.4, -0.2) is 6.54 Å². The van der Waals surface area contributed by atoms with E-state index in [1.165, 1.54) is 21.2 Å². The van der Waals surface area contributed by atoms with Gasteiger partial charge in [0.25, 0.3) is 0 Å². The molecule has 0 unspecified atom stereocenters. The molecule has 0 fully saturated rings. The fourth-order valence-electron chi connectivity index (χ4n) is 1.56. The van der Waals surface area contributed by atoms with E-state index in [0.717, 1.165) is 6.54 Å². The van der Waals surface area contributed by atoms with Gasteiger partial charge in [0.1, 0.15) is 0 Å². The molecule has 0 spiro atoms. The van der Waals surface area contributed by atoms with Crippen LogP contribution in [0.2, 0.25) is 0 Å². The van der Waals surface area contributed by atoms with Crippen molar-refractivity contribution in [2.24, 2.45) is 0 Å². The van der Waals surface area contributed by atoms with E-state index in [0.29, 0.717) is 0 Å². The first-order valence-corrected chi connectivity index (χ1v) is 6.01. The molecule has 0 saturated heterocycles. The molecule has 0 atom stereocenters. The van der Waals surface area contributed by atoms with Crippen LogP contribution in [0, 0.1) is 6.92 Å². The molecule has 0 aliphatic rings. The summed E-state index contributed by atoms with van der Waals surface area (Å²) in [7, 11) is 0. The third kappa shape index (κ3) is 2.52. The molecule has 0 heterocycles. The molecule has 0 amide bonds. The van der Waals surface area contributed by atoms with Crippen LogP contribution in [0.15, 0.2) is 41.3 Å². The van der Waals surface area contributed by atoms with E-state index in [1.807, 2.05) is 0 Å². The van der Waals surface area contributed by atoms with Crippen LogP contribution >= 0.6 is 11.9 Å². The highest BCUT2D eigenvalue weighted by molar-refractivity contribution is 7.97. The minimum Gasteiger partial charge on any atom is -0.260 e. The van der Waals surface area contributed by atoms with Crippen LogP contribution < -0.4 is 4.72 Å². The first kappa shape index (κ1) is 10.5. The maximum atomic E-state index is 3.26. The second-order valence-electron chi connectivity index (χ2n) is 3.61. The standard InChI is InChI=1S/C13H15NS/c1-3-14-15-13-7-6-11-8-10(2)4-5-12(11)9-13/h4-9,14H,3H2,1-2H3. The maximum absolute atomic E-state index is 3.26. The van der Waals surface area contributed by atoms with Crippen LogP contribution in [0.4, 0.5) is 0 Å². The summed E-state index contributed by atoms with van der Waals surface area (Å²) in [6, 6.07) is 13.1. The Morgan fingerprint density at radius 3 is 2.60 bits per heavy atom. The van der Waals surface area contributed by atoms with E-state index in [2.05, 4.69) is 55.0 Å². The molecule has 0 aliphatic heterocycles. The molecular formula is C13H15NS. The van der Waals surface area contributed by atoms with Crippen molar-refractivity contribution >= 4 is 22.7 Å². The molecule has 15 heavy (non-hydrogen) atoms. The molecule has 0 saturated carbocycles. The second-order valence-corrected chi connectivity index (χ2v) is 4.58. The number of aryl methyl sites for hydroxylation is 1. The minimum atomic E-state index is 0.983. The van der Waals surface area contributed by atoms with Crippen molar-refractivity contribution in [3.05, 3.63) is 42.0 Å². The Labute approximate surface area is 95.0 Å². The van der Waals surface area contributed by atoms with Crippen molar-refractivity contribution in [3.8, 4) is 0 Å². The molecule has 1 N–H and O–H groups in total. The van der Waals surface area contributed by atoms with Gasteiger partial charge in [-0.25, -0.2) is 0 Å². The number of fused-ring (bicyclic) bond motifs is 1.